The molecular weight excluding hydrogens is 254 g/mol. The number of hydrogen-bond acceptors (Lipinski definition) is 4. The minimum atomic E-state index is -0.529. The van der Waals surface area contributed by atoms with Gasteiger partial charge in [0.05, 0.1) is 6.10 Å². The van der Waals surface area contributed by atoms with Crippen molar-refractivity contribution in [3.63, 3.8) is 0 Å². The van der Waals surface area contributed by atoms with Crippen molar-refractivity contribution in [2.75, 3.05) is 26.3 Å². The molecule has 2 N–H and O–H groups in total. The van der Waals surface area contributed by atoms with Crippen LogP contribution in [0.3, 0.4) is 0 Å². The maximum Gasteiger partial charge on any atom is 0.161 e. The molecule has 0 fully saturated rings. The predicted molar refractivity (Wildman–Crippen MR) is 79.3 cm³/mol. The van der Waals surface area contributed by atoms with E-state index < -0.39 is 6.10 Å². The van der Waals surface area contributed by atoms with Gasteiger partial charge in [0.25, 0.3) is 0 Å². The van der Waals surface area contributed by atoms with Crippen LogP contribution in [0.1, 0.15) is 38.9 Å². The fraction of sp³-hybridized carbons (Fsp3) is 0.625. The Balaban J connectivity index is 1.91. The highest BCUT2D eigenvalue weighted by molar-refractivity contribution is 5.44. The summed E-state index contributed by atoms with van der Waals surface area (Å²) in [5.74, 6) is 1.48. The smallest absolute Gasteiger partial charge is 0.161 e. The molecule has 1 aromatic carbocycles. The molecule has 4 nitrogen and oxygen atoms in total. The summed E-state index contributed by atoms with van der Waals surface area (Å²) in [5, 5.41) is 13.6. The van der Waals surface area contributed by atoms with Gasteiger partial charge in [0.2, 0.25) is 0 Å². The van der Waals surface area contributed by atoms with Crippen molar-refractivity contribution in [1.82, 2.24) is 5.32 Å². The van der Waals surface area contributed by atoms with Crippen LogP contribution in [0.2, 0.25) is 0 Å². The fourth-order valence-corrected chi connectivity index (χ4v) is 2.06. The molecule has 0 saturated carbocycles. The van der Waals surface area contributed by atoms with Crippen LogP contribution in [-0.4, -0.2) is 31.4 Å². The lowest BCUT2D eigenvalue weighted by Crippen LogP contribution is -2.31. The van der Waals surface area contributed by atoms with E-state index in [9.17, 15) is 5.11 Å². The zero-order chi connectivity index (χ0) is 14.6. The molecule has 0 spiro atoms. The average Bonchev–Trinajstić information content (AvgIpc) is 2.46. The lowest BCUT2D eigenvalue weighted by atomic mass is 9.90. The van der Waals surface area contributed by atoms with Crippen molar-refractivity contribution in [2.24, 2.45) is 5.41 Å². The van der Waals surface area contributed by atoms with Gasteiger partial charge in [-0.1, -0.05) is 26.8 Å². The van der Waals surface area contributed by atoms with Crippen LogP contribution < -0.4 is 14.8 Å². The van der Waals surface area contributed by atoms with Crippen molar-refractivity contribution in [2.45, 2.75) is 33.3 Å². The predicted octanol–water partition coefficient (Wildman–Crippen LogP) is 2.52. The maximum absolute atomic E-state index is 10.2. The fourth-order valence-electron chi connectivity index (χ4n) is 2.06. The SMILES string of the molecule is CCC(C)(C)CNCC(O)c1ccc2c(c1)OCCO2. The Labute approximate surface area is 121 Å². The van der Waals surface area contributed by atoms with E-state index in [1.807, 2.05) is 18.2 Å². The molecule has 0 saturated heterocycles. The van der Waals surface area contributed by atoms with Crippen molar-refractivity contribution in [3.05, 3.63) is 23.8 Å². The quantitative estimate of drug-likeness (QED) is 0.840. The van der Waals surface area contributed by atoms with Gasteiger partial charge < -0.3 is 19.9 Å². The molecule has 1 heterocycles. The third kappa shape index (κ3) is 3.87. The number of benzene rings is 1. The first-order chi connectivity index (χ1) is 9.52. The third-order valence-corrected chi connectivity index (χ3v) is 3.85. The lowest BCUT2D eigenvalue weighted by molar-refractivity contribution is 0.160. The molecular formula is C16H25NO3. The Morgan fingerprint density at radius 1 is 1.25 bits per heavy atom. The molecule has 4 heteroatoms. The van der Waals surface area contributed by atoms with E-state index in [0.29, 0.717) is 19.8 Å². The average molecular weight is 279 g/mol. The molecule has 1 aliphatic rings. The van der Waals surface area contributed by atoms with Gasteiger partial charge in [-0.15, -0.1) is 0 Å². The summed E-state index contributed by atoms with van der Waals surface area (Å²) in [6, 6.07) is 5.62. The standard InChI is InChI=1S/C16H25NO3/c1-4-16(2,3)11-17-10-13(18)12-5-6-14-15(9-12)20-8-7-19-14/h5-6,9,13,17-18H,4,7-8,10-11H2,1-3H3. The third-order valence-electron chi connectivity index (χ3n) is 3.85. The number of aliphatic hydroxyl groups excluding tert-OH is 1. The summed E-state index contributed by atoms with van der Waals surface area (Å²) >= 11 is 0. The summed E-state index contributed by atoms with van der Waals surface area (Å²) in [7, 11) is 0. The van der Waals surface area contributed by atoms with Crippen LogP contribution in [0.5, 0.6) is 11.5 Å². The van der Waals surface area contributed by atoms with Gasteiger partial charge in [-0.05, 0) is 29.5 Å². The molecule has 20 heavy (non-hydrogen) atoms. The van der Waals surface area contributed by atoms with E-state index >= 15 is 0 Å². The first kappa shape index (κ1) is 15.1. The number of rotatable bonds is 6. The molecule has 2 rings (SSSR count). The highest BCUT2D eigenvalue weighted by atomic mass is 16.6. The number of aliphatic hydroxyl groups is 1. The number of fused-ring (bicyclic) bond motifs is 1. The Kier molecular flexibility index (Phi) is 4.89. The van der Waals surface area contributed by atoms with Gasteiger partial charge in [-0.3, -0.25) is 0 Å². The zero-order valence-corrected chi connectivity index (χ0v) is 12.6. The van der Waals surface area contributed by atoms with Gasteiger partial charge in [-0.2, -0.15) is 0 Å². The van der Waals surface area contributed by atoms with Gasteiger partial charge in [0.15, 0.2) is 11.5 Å². The van der Waals surface area contributed by atoms with Crippen LogP contribution in [0, 0.1) is 5.41 Å². The molecule has 0 radical (unpaired) electrons. The van der Waals surface area contributed by atoms with E-state index in [-0.39, 0.29) is 5.41 Å². The van der Waals surface area contributed by atoms with Gasteiger partial charge >= 0.3 is 0 Å². The lowest BCUT2D eigenvalue weighted by Gasteiger charge is -2.24. The van der Waals surface area contributed by atoms with E-state index in [0.717, 1.165) is 30.0 Å². The van der Waals surface area contributed by atoms with Crippen molar-refractivity contribution in [1.29, 1.82) is 0 Å². The molecule has 1 aromatic rings. The van der Waals surface area contributed by atoms with Crippen molar-refractivity contribution >= 4 is 0 Å². The normalized spacial score (nSPS) is 16.0. The molecule has 1 aliphatic heterocycles. The second-order valence-corrected chi connectivity index (χ2v) is 6.07. The van der Waals surface area contributed by atoms with Crippen LogP contribution in [0.4, 0.5) is 0 Å². The number of hydrogen-bond donors (Lipinski definition) is 2. The summed E-state index contributed by atoms with van der Waals surface area (Å²) < 4.78 is 11.0. The van der Waals surface area contributed by atoms with E-state index in [1.165, 1.54) is 0 Å². The van der Waals surface area contributed by atoms with E-state index in [4.69, 9.17) is 9.47 Å². The number of nitrogens with one attached hydrogen (secondary N) is 1. The molecule has 112 valence electrons. The summed E-state index contributed by atoms with van der Waals surface area (Å²) in [6.45, 7) is 9.21. The topological polar surface area (TPSA) is 50.7 Å². The maximum atomic E-state index is 10.2. The molecule has 0 aromatic heterocycles. The van der Waals surface area contributed by atoms with Crippen LogP contribution in [0.15, 0.2) is 18.2 Å². The highest BCUT2D eigenvalue weighted by Crippen LogP contribution is 2.32. The molecule has 0 aliphatic carbocycles. The van der Waals surface area contributed by atoms with Crippen molar-refractivity contribution in [3.8, 4) is 11.5 Å². The monoisotopic (exact) mass is 279 g/mol. The minimum absolute atomic E-state index is 0.256. The molecule has 0 amide bonds. The zero-order valence-electron chi connectivity index (χ0n) is 12.6. The second kappa shape index (κ2) is 6.46. The summed E-state index contributed by atoms with van der Waals surface area (Å²) in [4.78, 5) is 0. The first-order valence-corrected chi connectivity index (χ1v) is 7.30. The Morgan fingerprint density at radius 3 is 2.65 bits per heavy atom. The Bertz CT molecular complexity index is 445. The Hall–Kier alpha value is -1.26. The van der Waals surface area contributed by atoms with Crippen molar-refractivity contribution < 1.29 is 14.6 Å². The molecule has 1 atom stereocenters. The van der Waals surface area contributed by atoms with Gasteiger partial charge in [0, 0.05) is 13.1 Å². The molecule has 1 unspecified atom stereocenters. The molecule has 0 bridgehead atoms. The Morgan fingerprint density at radius 2 is 1.95 bits per heavy atom. The van der Waals surface area contributed by atoms with E-state index in [2.05, 4.69) is 26.1 Å². The summed E-state index contributed by atoms with van der Waals surface area (Å²) in [5.41, 5.74) is 1.11. The van der Waals surface area contributed by atoms with Crippen LogP contribution in [-0.2, 0) is 0 Å². The second-order valence-electron chi connectivity index (χ2n) is 6.07. The van der Waals surface area contributed by atoms with Gasteiger partial charge in [-0.25, -0.2) is 0 Å². The van der Waals surface area contributed by atoms with Crippen LogP contribution in [0.25, 0.3) is 0 Å². The summed E-state index contributed by atoms with van der Waals surface area (Å²) in [6.07, 6.45) is 0.582. The number of ether oxygens (including phenoxy) is 2. The largest absolute Gasteiger partial charge is 0.486 e. The minimum Gasteiger partial charge on any atom is -0.486 e. The highest BCUT2D eigenvalue weighted by Gasteiger charge is 2.17. The first-order valence-electron chi connectivity index (χ1n) is 7.30. The van der Waals surface area contributed by atoms with E-state index in [1.54, 1.807) is 0 Å². The van der Waals surface area contributed by atoms with Gasteiger partial charge in [0.1, 0.15) is 13.2 Å². The van der Waals surface area contributed by atoms with Crippen LogP contribution >= 0.6 is 0 Å².